The molecule has 1 aromatic carbocycles. The monoisotopic (exact) mass is 354 g/mol. The first kappa shape index (κ1) is 17.1. The third kappa shape index (κ3) is 3.74. The molecule has 0 spiro atoms. The first-order valence-electron chi connectivity index (χ1n) is 9.58. The fourth-order valence-corrected chi connectivity index (χ4v) is 3.68. The van der Waals surface area contributed by atoms with Gasteiger partial charge in [0.1, 0.15) is 12.1 Å². The van der Waals surface area contributed by atoms with E-state index < -0.39 is 0 Å². The number of nitrogens with zero attached hydrogens (tertiary/aromatic N) is 4. The number of likely N-dealkylation sites (tertiary alicyclic amines) is 1. The van der Waals surface area contributed by atoms with Crippen LogP contribution in [0.4, 0.5) is 0 Å². The van der Waals surface area contributed by atoms with Crippen molar-refractivity contribution in [3.05, 3.63) is 42.0 Å². The molecule has 1 amide bonds. The summed E-state index contributed by atoms with van der Waals surface area (Å²) in [7, 11) is 0. The summed E-state index contributed by atoms with van der Waals surface area (Å²) in [5.74, 6) is 2.48. The van der Waals surface area contributed by atoms with Gasteiger partial charge in [0.25, 0.3) is 5.91 Å². The number of rotatable bonds is 6. The van der Waals surface area contributed by atoms with E-state index in [0.29, 0.717) is 0 Å². The van der Waals surface area contributed by atoms with Gasteiger partial charge >= 0.3 is 0 Å². The lowest BCUT2D eigenvalue weighted by atomic mass is 10.0. The SMILES string of the molecule is Cc1ccccc1OCC(=O)N1CCCC[C@H]1c1nncn1CC1CC1. The second kappa shape index (κ2) is 7.48. The number of benzene rings is 1. The van der Waals surface area contributed by atoms with Gasteiger partial charge in [0.05, 0.1) is 6.04 Å². The molecule has 138 valence electrons. The molecule has 26 heavy (non-hydrogen) atoms. The second-order valence-electron chi connectivity index (χ2n) is 7.44. The number of carbonyl (C=O) groups is 1. The molecule has 1 saturated heterocycles. The summed E-state index contributed by atoms with van der Waals surface area (Å²) in [4.78, 5) is 14.8. The minimum absolute atomic E-state index is 0.0120. The van der Waals surface area contributed by atoms with E-state index in [1.807, 2.05) is 42.4 Å². The largest absolute Gasteiger partial charge is 0.484 e. The van der Waals surface area contributed by atoms with Crippen LogP contribution in [-0.2, 0) is 11.3 Å². The van der Waals surface area contributed by atoms with Crippen molar-refractivity contribution in [1.82, 2.24) is 19.7 Å². The Balaban J connectivity index is 1.46. The predicted molar refractivity (Wildman–Crippen MR) is 97.7 cm³/mol. The molecule has 1 aromatic heterocycles. The van der Waals surface area contributed by atoms with Gasteiger partial charge in [-0.3, -0.25) is 4.79 Å². The van der Waals surface area contributed by atoms with E-state index in [0.717, 1.165) is 55.4 Å². The Bertz CT molecular complexity index is 769. The molecule has 0 bridgehead atoms. The average Bonchev–Trinajstić information content (AvgIpc) is 3.36. The van der Waals surface area contributed by atoms with E-state index >= 15 is 0 Å². The number of amides is 1. The maximum atomic E-state index is 12.9. The molecular formula is C20H26N4O2. The van der Waals surface area contributed by atoms with Crippen molar-refractivity contribution in [3.8, 4) is 5.75 Å². The minimum atomic E-state index is 0.0120. The molecule has 2 heterocycles. The van der Waals surface area contributed by atoms with Crippen molar-refractivity contribution in [3.63, 3.8) is 0 Å². The topological polar surface area (TPSA) is 60.2 Å². The molecule has 1 aliphatic heterocycles. The highest BCUT2D eigenvalue weighted by Gasteiger charge is 2.33. The summed E-state index contributed by atoms with van der Waals surface area (Å²) < 4.78 is 7.94. The zero-order valence-electron chi connectivity index (χ0n) is 15.3. The molecule has 2 aliphatic rings. The van der Waals surface area contributed by atoms with Crippen molar-refractivity contribution in [2.45, 2.75) is 51.6 Å². The van der Waals surface area contributed by atoms with Crippen LogP contribution in [0.25, 0.3) is 0 Å². The predicted octanol–water partition coefficient (Wildman–Crippen LogP) is 3.13. The van der Waals surface area contributed by atoms with Crippen molar-refractivity contribution >= 4 is 5.91 Å². The highest BCUT2D eigenvalue weighted by Crippen LogP contribution is 2.34. The Morgan fingerprint density at radius 2 is 2.08 bits per heavy atom. The number of piperidine rings is 1. The Morgan fingerprint density at radius 3 is 2.88 bits per heavy atom. The molecule has 1 atom stereocenters. The number of para-hydroxylation sites is 1. The van der Waals surface area contributed by atoms with Crippen LogP contribution in [0.3, 0.4) is 0 Å². The van der Waals surface area contributed by atoms with Crippen molar-refractivity contribution in [2.24, 2.45) is 5.92 Å². The lowest BCUT2D eigenvalue weighted by molar-refractivity contribution is -0.137. The van der Waals surface area contributed by atoms with Gasteiger partial charge in [-0.1, -0.05) is 18.2 Å². The van der Waals surface area contributed by atoms with Crippen molar-refractivity contribution < 1.29 is 9.53 Å². The summed E-state index contributed by atoms with van der Waals surface area (Å²) in [6.07, 6.45) is 7.48. The summed E-state index contributed by atoms with van der Waals surface area (Å²) in [6.45, 7) is 3.79. The van der Waals surface area contributed by atoms with E-state index in [-0.39, 0.29) is 18.6 Å². The number of aromatic nitrogens is 3. The number of carbonyl (C=O) groups excluding carboxylic acids is 1. The van der Waals surface area contributed by atoms with Crippen LogP contribution >= 0.6 is 0 Å². The first-order chi connectivity index (χ1) is 12.7. The highest BCUT2D eigenvalue weighted by atomic mass is 16.5. The van der Waals surface area contributed by atoms with Crippen LogP contribution in [0.5, 0.6) is 5.75 Å². The number of ether oxygens (including phenoxy) is 1. The molecule has 2 aromatic rings. The maximum Gasteiger partial charge on any atom is 0.261 e. The maximum absolute atomic E-state index is 12.9. The molecule has 0 radical (unpaired) electrons. The van der Waals surface area contributed by atoms with Gasteiger partial charge in [-0.25, -0.2) is 0 Å². The Morgan fingerprint density at radius 1 is 1.23 bits per heavy atom. The van der Waals surface area contributed by atoms with Gasteiger partial charge in [0, 0.05) is 13.1 Å². The van der Waals surface area contributed by atoms with Crippen molar-refractivity contribution in [1.29, 1.82) is 0 Å². The van der Waals surface area contributed by atoms with Gasteiger partial charge in [-0.2, -0.15) is 0 Å². The summed E-state index contributed by atoms with van der Waals surface area (Å²) in [5, 5.41) is 8.48. The number of hydrogen-bond donors (Lipinski definition) is 0. The van der Waals surface area contributed by atoms with Gasteiger partial charge in [-0.05, 0) is 56.6 Å². The Labute approximate surface area is 154 Å². The summed E-state index contributed by atoms with van der Waals surface area (Å²) in [6, 6.07) is 7.80. The van der Waals surface area contributed by atoms with Crippen LogP contribution in [0.2, 0.25) is 0 Å². The van der Waals surface area contributed by atoms with Crippen LogP contribution < -0.4 is 4.74 Å². The highest BCUT2D eigenvalue weighted by molar-refractivity contribution is 5.78. The van der Waals surface area contributed by atoms with Crippen molar-refractivity contribution in [2.75, 3.05) is 13.2 Å². The normalized spacial score (nSPS) is 20.2. The Hall–Kier alpha value is -2.37. The smallest absolute Gasteiger partial charge is 0.261 e. The van der Waals surface area contributed by atoms with Crippen LogP contribution in [0, 0.1) is 12.8 Å². The van der Waals surface area contributed by atoms with Crippen LogP contribution in [0.1, 0.15) is 49.5 Å². The van der Waals surface area contributed by atoms with Gasteiger partial charge in [-0.15, -0.1) is 10.2 Å². The van der Waals surface area contributed by atoms with E-state index in [1.54, 1.807) is 0 Å². The molecule has 0 unspecified atom stereocenters. The van der Waals surface area contributed by atoms with Crippen LogP contribution in [-0.4, -0.2) is 38.7 Å². The van der Waals surface area contributed by atoms with Crippen LogP contribution in [0.15, 0.2) is 30.6 Å². The third-order valence-corrected chi connectivity index (χ3v) is 5.36. The zero-order chi connectivity index (χ0) is 17.9. The minimum Gasteiger partial charge on any atom is -0.484 e. The fourth-order valence-electron chi connectivity index (χ4n) is 3.68. The number of hydrogen-bond acceptors (Lipinski definition) is 4. The molecule has 1 aliphatic carbocycles. The fraction of sp³-hybridized carbons (Fsp3) is 0.550. The standard InChI is InChI=1S/C20H26N4O2/c1-15-6-2-3-8-18(15)26-13-19(25)24-11-5-4-7-17(24)20-22-21-14-23(20)12-16-9-10-16/h2-3,6,8,14,16-17H,4-5,7,9-13H2,1H3/t17-/m0/s1. The summed E-state index contributed by atoms with van der Waals surface area (Å²) in [5.41, 5.74) is 1.04. The average molecular weight is 354 g/mol. The molecule has 1 saturated carbocycles. The lowest BCUT2D eigenvalue weighted by Gasteiger charge is -2.35. The molecule has 6 heteroatoms. The van der Waals surface area contributed by atoms with Gasteiger partial charge in [0.15, 0.2) is 12.4 Å². The number of aryl methyl sites for hydroxylation is 1. The molecular weight excluding hydrogens is 328 g/mol. The van der Waals surface area contributed by atoms with E-state index in [2.05, 4.69) is 14.8 Å². The van der Waals surface area contributed by atoms with E-state index in [9.17, 15) is 4.79 Å². The molecule has 2 fully saturated rings. The molecule has 6 nitrogen and oxygen atoms in total. The molecule has 4 rings (SSSR count). The van der Waals surface area contributed by atoms with Gasteiger partial charge < -0.3 is 14.2 Å². The van der Waals surface area contributed by atoms with E-state index in [4.69, 9.17) is 4.74 Å². The lowest BCUT2D eigenvalue weighted by Crippen LogP contribution is -2.42. The third-order valence-electron chi connectivity index (χ3n) is 5.36. The second-order valence-corrected chi connectivity index (χ2v) is 7.44. The molecule has 0 N–H and O–H groups in total. The summed E-state index contributed by atoms with van der Waals surface area (Å²) >= 11 is 0. The zero-order valence-corrected chi connectivity index (χ0v) is 15.3. The van der Waals surface area contributed by atoms with E-state index in [1.165, 1.54) is 12.8 Å². The first-order valence-corrected chi connectivity index (χ1v) is 9.58. The quantitative estimate of drug-likeness (QED) is 0.800. The Kier molecular flexibility index (Phi) is 4.91. The van der Waals surface area contributed by atoms with Gasteiger partial charge in [0.2, 0.25) is 0 Å².